The fraction of sp³-hybridized carbons (Fsp3) is 0.267. The zero-order chi connectivity index (χ0) is 15.5. The fourth-order valence-electron chi connectivity index (χ4n) is 2.26. The van der Waals surface area contributed by atoms with Gasteiger partial charge >= 0.3 is 5.97 Å². The number of carbonyl (C=O) groups is 2. The predicted octanol–water partition coefficient (Wildman–Crippen LogP) is 2.22. The highest BCUT2D eigenvalue weighted by Gasteiger charge is 2.27. The van der Waals surface area contributed by atoms with Crippen LogP contribution >= 0.6 is 23.1 Å². The maximum Gasteiger partial charge on any atom is 0.355 e. The number of carbonyl (C=O) groups excluding carboxylic acids is 1. The molecule has 2 heterocycles. The van der Waals surface area contributed by atoms with Crippen LogP contribution in [0.4, 0.5) is 0 Å². The van der Waals surface area contributed by atoms with Crippen LogP contribution in [-0.2, 0) is 17.6 Å². The van der Waals surface area contributed by atoms with Gasteiger partial charge in [0, 0.05) is 23.2 Å². The third kappa shape index (κ3) is 3.31. The molecule has 114 valence electrons. The number of carboxylic acids is 1. The summed E-state index contributed by atoms with van der Waals surface area (Å²) in [5.41, 5.74) is 1.28. The van der Waals surface area contributed by atoms with Crippen molar-refractivity contribution in [1.29, 1.82) is 0 Å². The van der Waals surface area contributed by atoms with Crippen LogP contribution in [0.25, 0.3) is 0 Å². The molecule has 1 amide bonds. The van der Waals surface area contributed by atoms with Crippen LogP contribution in [0.2, 0.25) is 0 Å². The number of benzene rings is 1. The lowest BCUT2D eigenvalue weighted by atomic mass is 10.1. The van der Waals surface area contributed by atoms with E-state index in [1.54, 1.807) is 11.8 Å². The molecule has 1 aliphatic rings. The van der Waals surface area contributed by atoms with E-state index in [4.69, 9.17) is 5.11 Å². The minimum Gasteiger partial charge on any atom is -0.476 e. The molecule has 2 aromatic rings. The van der Waals surface area contributed by atoms with Gasteiger partial charge in [-0.2, -0.15) is 0 Å². The maximum absolute atomic E-state index is 12.2. The van der Waals surface area contributed by atoms with E-state index in [1.807, 2.05) is 18.2 Å². The van der Waals surface area contributed by atoms with Crippen LogP contribution in [0.3, 0.4) is 0 Å². The summed E-state index contributed by atoms with van der Waals surface area (Å²) in [7, 11) is 0. The van der Waals surface area contributed by atoms with Crippen LogP contribution in [0.15, 0.2) is 34.5 Å². The van der Waals surface area contributed by atoms with Gasteiger partial charge < -0.3 is 10.4 Å². The number of amides is 1. The molecule has 5 nitrogen and oxygen atoms in total. The number of rotatable bonds is 5. The van der Waals surface area contributed by atoms with Crippen LogP contribution in [0, 0.1) is 0 Å². The summed E-state index contributed by atoms with van der Waals surface area (Å²) in [5, 5.41) is 13.9. The summed E-state index contributed by atoms with van der Waals surface area (Å²) in [6.45, 7) is 0.471. The molecule has 0 bridgehead atoms. The zero-order valence-corrected chi connectivity index (χ0v) is 13.2. The van der Waals surface area contributed by atoms with Crippen molar-refractivity contribution in [1.82, 2.24) is 10.3 Å². The zero-order valence-electron chi connectivity index (χ0n) is 11.6. The van der Waals surface area contributed by atoms with Crippen LogP contribution in [-0.4, -0.2) is 33.8 Å². The second kappa shape index (κ2) is 6.50. The average Bonchev–Trinajstić information content (AvgIpc) is 3.13. The van der Waals surface area contributed by atoms with E-state index >= 15 is 0 Å². The van der Waals surface area contributed by atoms with E-state index in [1.165, 1.54) is 27.2 Å². The second-order valence-electron chi connectivity index (χ2n) is 4.89. The van der Waals surface area contributed by atoms with Gasteiger partial charge in [-0.1, -0.05) is 18.2 Å². The summed E-state index contributed by atoms with van der Waals surface area (Å²) in [6, 6.07) is 8.06. The second-order valence-corrected chi connectivity index (χ2v) is 7.08. The molecular weight excluding hydrogens is 320 g/mol. The highest BCUT2D eigenvalue weighted by molar-refractivity contribution is 8.01. The number of aromatic nitrogens is 1. The van der Waals surface area contributed by atoms with Crippen LogP contribution in [0.5, 0.6) is 0 Å². The van der Waals surface area contributed by atoms with Crippen molar-refractivity contribution in [3.63, 3.8) is 0 Å². The lowest BCUT2D eigenvalue weighted by Crippen LogP contribution is -2.33. The molecule has 1 atom stereocenters. The predicted molar refractivity (Wildman–Crippen MR) is 85.6 cm³/mol. The molecule has 0 spiro atoms. The smallest absolute Gasteiger partial charge is 0.355 e. The van der Waals surface area contributed by atoms with E-state index in [0.29, 0.717) is 13.0 Å². The van der Waals surface area contributed by atoms with E-state index in [-0.39, 0.29) is 16.9 Å². The summed E-state index contributed by atoms with van der Waals surface area (Å²) >= 11 is 2.90. The van der Waals surface area contributed by atoms with E-state index < -0.39 is 5.97 Å². The molecule has 0 saturated carbocycles. The highest BCUT2D eigenvalue weighted by Crippen LogP contribution is 2.36. The lowest BCUT2D eigenvalue weighted by molar-refractivity contribution is -0.120. The maximum atomic E-state index is 12.2. The molecule has 1 aromatic heterocycles. The Morgan fingerprint density at radius 2 is 2.18 bits per heavy atom. The fourth-order valence-corrected chi connectivity index (χ4v) is 4.25. The van der Waals surface area contributed by atoms with Gasteiger partial charge in [0.15, 0.2) is 5.69 Å². The molecule has 7 heteroatoms. The summed E-state index contributed by atoms with van der Waals surface area (Å²) in [4.78, 5) is 28.1. The van der Waals surface area contributed by atoms with Gasteiger partial charge in [-0.15, -0.1) is 23.1 Å². The Morgan fingerprint density at radius 3 is 2.91 bits per heavy atom. The van der Waals surface area contributed by atoms with Crippen molar-refractivity contribution >= 4 is 35.0 Å². The number of fused-ring (bicyclic) bond motifs is 1. The molecule has 3 rings (SSSR count). The Labute approximate surface area is 135 Å². The first-order chi connectivity index (χ1) is 10.6. The summed E-state index contributed by atoms with van der Waals surface area (Å²) in [6.07, 6.45) is 1.31. The Kier molecular flexibility index (Phi) is 4.44. The van der Waals surface area contributed by atoms with Crippen molar-refractivity contribution in [3.8, 4) is 0 Å². The lowest BCUT2D eigenvalue weighted by Gasteiger charge is -2.09. The first-order valence-electron chi connectivity index (χ1n) is 6.83. The van der Waals surface area contributed by atoms with Gasteiger partial charge in [-0.3, -0.25) is 4.79 Å². The minimum atomic E-state index is -1.02. The Balaban J connectivity index is 1.48. The van der Waals surface area contributed by atoms with Gasteiger partial charge in [0.2, 0.25) is 5.91 Å². The van der Waals surface area contributed by atoms with Crippen molar-refractivity contribution in [2.75, 3.05) is 6.54 Å². The third-order valence-electron chi connectivity index (χ3n) is 3.35. The van der Waals surface area contributed by atoms with Gasteiger partial charge in [0.1, 0.15) is 0 Å². The SMILES string of the molecule is O=C(O)c1csc(CCNC(=O)C2Cc3ccccc3S2)n1. The van der Waals surface area contributed by atoms with E-state index in [2.05, 4.69) is 16.4 Å². The number of hydrogen-bond donors (Lipinski definition) is 2. The molecule has 0 aliphatic carbocycles. The van der Waals surface area contributed by atoms with E-state index in [9.17, 15) is 9.59 Å². The highest BCUT2D eigenvalue weighted by atomic mass is 32.2. The molecule has 2 N–H and O–H groups in total. The molecule has 0 radical (unpaired) electrons. The Bertz CT molecular complexity index is 689. The molecule has 1 aliphatic heterocycles. The standard InChI is InChI=1S/C15H14N2O3S2/c18-14(12-7-9-3-1-2-4-11(9)22-12)16-6-5-13-17-10(8-21-13)15(19)20/h1-4,8,12H,5-7H2,(H,16,18)(H,19,20). The number of nitrogens with one attached hydrogen (secondary N) is 1. The monoisotopic (exact) mass is 334 g/mol. The summed E-state index contributed by atoms with van der Waals surface area (Å²) < 4.78 is 0. The molecule has 1 unspecified atom stereocenters. The molecule has 0 saturated heterocycles. The van der Waals surface area contributed by atoms with Gasteiger partial charge in [-0.05, 0) is 18.1 Å². The van der Waals surface area contributed by atoms with Crippen molar-refractivity contribution in [2.24, 2.45) is 0 Å². The van der Waals surface area contributed by atoms with Crippen molar-refractivity contribution in [2.45, 2.75) is 23.0 Å². The molecule has 22 heavy (non-hydrogen) atoms. The number of thiazole rings is 1. The number of thioether (sulfide) groups is 1. The minimum absolute atomic E-state index is 0.0243. The van der Waals surface area contributed by atoms with Crippen molar-refractivity contribution < 1.29 is 14.7 Å². The molecule has 1 aromatic carbocycles. The van der Waals surface area contributed by atoms with Crippen molar-refractivity contribution in [3.05, 3.63) is 45.9 Å². The van der Waals surface area contributed by atoms with Gasteiger partial charge in [0.05, 0.1) is 10.3 Å². The number of nitrogens with zero attached hydrogens (tertiary/aromatic N) is 1. The molecular formula is C15H14N2O3S2. The van der Waals surface area contributed by atoms with E-state index in [0.717, 1.165) is 11.4 Å². The third-order valence-corrected chi connectivity index (χ3v) is 5.57. The molecule has 0 fully saturated rings. The van der Waals surface area contributed by atoms with Crippen LogP contribution < -0.4 is 5.32 Å². The first-order valence-corrected chi connectivity index (χ1v) is 8.59. The quantitative estimate of drug-likeness (QED) is 0.876. The van der Waals surface area contributed by atoms with Crippen LogP contribution in [0.1, 0.15) is 21.1 Å². The Morgan fingerprint density at radius 1 is 1.36 bits per heavy atom. The average molecular weight is 334 g/mol. The normalized spacial score (nSPS) is 16.3. The summed E-state index contributed by atoms with van der Waals surface area (Å²) in [5.74, 6) is -0.997. The largest absolute Gasteiger partial charge is 0.476 e. The Hall–Kier alpha value is -1.86. The van der Waals surface area contributed by atoms with Gasteiger partial charge in [-0.25, -0.2) is 9.78 Å². The topological polar surface area (TPSA) is 79.3 Å². The number of aromatic carboxylic acids is 1. The number of carboxylic acid groups (broad SMARTS) is 1. The first kappa shape index (κ1) is 15.1. The number of hydrogen-bond acceptors (Lipinski definition) is 5. The van der Waals surface area contributed by atoms with Gasteiger partial charge in [0.25, 0.3) is 0 Å².